The summed E-state index contributed by atoms with van der Waals surface area (Å²) in [6, 6.07) is 14.2. The molecule has 0 aliphatic carbocycles. The maximum absolute atomic E-state index is 13.2. The van der Waals surface area contributed by atoms with Gasteiger partial charge < -0.3 is 10.2 Å². The Morgan fingerprint density at radius 1 is 1.03 bits per heavy atom. The second-order valence-corrected chi connectivity index (χ2v) is 10.2. The van der Waals surface area contributed by atoms with Crippen LogP contribution in [0, 0.1) is 0 Å². The summed E-state index contributed by atoms with van der Waals surface area (Å²) in [5.41, 5.74) is 3.44. The molecule has 8 nitrogen and oxygen atoms in total. The molecule has 0 spiro atoms. The Labute approximate surface area is 206 Å². The molecule has 0 saturated carbocycles. The molecule has 0 amide bonds. The van der Waals surface area contributed by atoms with Crippen LogP contribution in [0.2, 0.25) is 0 Å². The van der Waals surface area contributed by atoms with Gasteiger partial charge in [-0.15, -0.1) is 0 Å². The number of nitrogens with zero attached hydrogens (tertiary/aromatic N) is 6. The predicted octanol–water partition coefficient (Wildman–Crippen LogP) is 4.53. The highest BCUT2D eigenvalue weighted by Crippen LogP contribution is 2.23. The molecule has 0 saturated heterocycles. The molecule has 4 rings (SSSR count). The number of likely N-dealkylation sites (N-methyl/N-ethyl adjacent to an activating group) is 1. The van der Waals surface area contributed by atoms with E-state index in [4.69, 9.17) is 9.97 Å². The Kier molecular flexibility index (Phi) is 7.03. The van der Waals surface area contributed by atoms with Crippen LogP contribution in [-0.4, -0.2) is 49.9 Å². The van der Waals surface area contributed by atoms with Crippen LogP contribution in [0.15, 0.2) is 53.5 Å². The van der Waals surface area contributed by atoms with Crippen LogP contribution in [0.3, 0.4) is 0 Å². The Morgan fingerprint density at radius 3 is 2.43 bits per heavy atom. The normalized spacial score (nSPS) is 12.0. The highest BCUT2D eigenvalue weighted by molar-refractivity contribution is 5.77. The molecule has 4 aromatic rings. The number of rotatable bonds is 8. The zero-order chi connectivity index (χ0) is 25.2. The maximum Gasteiger partial charge on any atom is 0.278 e. The summed E-state index contributed by atoms with van der Waals surface area (Å²) in [6.07, 6.45) is 3.41. The van der Waals surface area contributed by atoms with Crippen molar-refractivity contribution >= 4 is 22.7 Å². The lowest BCUT2D eigenvalue weighted by atomic mass is 9.92. The Balaban J connectivity index is 1.74. The van der Waals surface area contributed by atoms with Crippen molar-refractivity contribution < 1.29 is 0 Å². The molecule has 35 heavy (non-hydrogen) atoms. The van der Waals surface area contributed by atoms with E-state index in [1.165, 1.54) is 5.56 Å². The molecule has 0 bridgehead atoms. The molecule has 3 heterocycles. The first-order valence-electron chi connectivity index (χ1n) is 12.1. The number of aromatic nitrogens is 5. The first-order valence-corrected chi connectivity index (χ1v) is 12.1. The first kappa shape index (κ1) is 24.6. The zero-order valence-electron chi connectivity index (χ0n) is 21.5. The van der Waals surface area contributed by atoms with Gasteiger partial charge in [0.05, 0.1) is 0 Å². The van der Waals surface area contributed by atoms with E-state index in [1.54, 1.807) is 10.9 Å². The summed E-state index contributed by atoms with van der Waals surface area (Å²) in [4.78, 5) is 29.5. The fraction of sp³-hybridized carbons (Fsp3) is 0.407. The van der Waals surface area contributed by atoms with Gasteiger partial charge >= 0.3 is 0 Å². The lowest BCUT2D eigenvalue weighted by Crippen LogP contribution is -2.23. The van der Waals surface area contributed by atoms with Gasteiger partial charge in [-0.2, -0.15) is 4.98 Å². The Morgan fingerprint density at radius 2 is 1.77 bits per heavy atom. The van der Waals surface area contributed by atoms with Gasteiger partial charge in [-0.05, 0) is 56.8 Å². The van der Waals surface area contributed by atoms with Crippen LogP contribution in [0.1, 0.15) is 45.4 Å². The predicted molar refractivity (Wildman–Crippen MR) is 142 cm³/mol. The van der Waals surface area contributed by atoms with Crippen LogP contribution in [0.4, 0.5) is 11.6 Å². The summed E-state index contributed by atoms with van der Waals surface area (Å²) >= 11 is 0. The van der Waals surface area contributed by atoms with Crippen molar-refractivity contribution in [2.24, 2.45) is 0 Å². The third-order valence-corrected chi connectivity index (χ3v) is 5.89. The number of nitrogens with one attached hydrogen (secondary N) is 1. The number of hydrogen-bond acceptors (Lipinski definition) is 6. The van der Waals surface area contributed by atoms with Crippen molar-refractivity contribution in [3.63, 3.8) is 0 Å². The van der Waals surface area contributed by atoms with E-state index < -0.39 is 0 Å². The Hall–Kier alpha value is -3.52. The number of fused-ring (bicyclic) bond motifs is 1. The van der Waals surface area contributed by atoms with Gasteiger partial charge in [0.25, 0.3) is 5.56 Å². The van der Waals surface area contributed by atoms with Gasteiger partial charge in [-0.3, -0.25) is 4.79 Å². The summed E-state index contributed by atoms with van der Waals surface area (Å²) in [5, 5.41) is 3.76. The van der Waals surface area contributed by atoms with Gasteiger partial charge in [0.2, 0.25) is 5.95 Å². The third kappa shape index (κ3) is 5.43. The SMILES string of the molecule is CCCn1c(=O)c2cnc(Nc3ccc(CCN(C)C)cc3)nc2n1-c1cccc(C(C)(C)C)n1. The van der Waals surface area contributed by atoms with Crippen LogP contribution >= 0.6 is 0 Å². The number of anilines is 2. The molecule has 8 heteroatoms. The number of pyridine rings is 1. The highest BCUT2D eigenvalue weighted by atomic mass is 16.1. The molecule has 184 valence electrons. The maximum atomic E-state index is 13.2. The minimum absolute atomic E-state index is 0.110. The van der Waals surface area contributed by atoms with Crippen molar-refractivity contribution in [2.45, 2.75) is 52.5 Å². The van der Waals surface area contributed by atoms with Crippen molar-refractivity contribution in [2.75, 3.05) is 26.0 Å². The molecule has 0 unspecified atom stereocenters. The number of benzene rings is 1. The summed E-state index contributed by atoms with van der Waals surface area (Å²) < 4.78 is 3.53. The van der Waals surface area contributed by atoms with Crippen molar-refractivity contribution in [3.05, 3.63) is 70.3 Å². The van der Waals surface area contributed by atoms with Crippen molar-refractivity contribution in [3.8, 4) is 5.82 Å². The van der Waals surface area contributed by atoms with E-state index >= 15 is 0 Å². The summed E-state index contributed by atoms with van der Waals surface area (Å²) in [5.74, 6) is 1.11. The fourth-order valence-electron chi connectivity index (χ4n) is 3.93. The third-order valence-electron chi connectivity index (χ3n) is 5.89. The molecule has 0 atom stereocenters. The van der Waals surface area contributed by atoms with Gasteiger partial charge in [-0.1, -0.05) is 45.9 Å². The van der Waals surface area contributed by atoms with E-state index in [1.807, 2.05) is 41.9 Å². The standard InChI is InChI=1S/C27H35N7O/c1-7-16-33-25(35)21-18-28-26(29-20-13-11-19(12-14-20)15-17-32(5)6)31-24(21)34(33)23-10-8-9-22(30-23)27(2,3)4/h8-14,18H,7,15-17H2,1-6H3,(H,28,29,31). The largest absolute Gasteiger partial charge is 0.324 e. The van der Waals surface area contributed by atoms with Gasteiger partial charge in [0.15, 0.2) is 11.5 Å². The number of hydrogen-bond donors (Lipinski definition) is 1. The monoisotopic (exact) mass is 473 g/mol. The van der Waals surface area contributed by atoms with E-state index in [0.29, 0.717) is 29.3 Å². The van der Waals surface area contributed by atoms with E-state index in [2.05, 4.69) is 62.2 Å². The topological polar surface area (TPSA) is 80.9 Å². The summed E-state index contributed by atoms with van der Waals surface area (Å²) in [6.45, 7) is 10.00. The highest BCUT2D eigenvalue weighted by Gasteiger charge is 2.20. The Bertz CT molecular complexity index is 1360. The van der Waals surface area contributed by atoms with Crippen LogP contribution in [0.25, 0.3) is 16.9 Å². The second kappa shape index (κ2) is 10.00. The average Bonchev–Trinajstić information content (AvgIpc) is 3.09. The van der Waals surface area contributed by atoms with Gasteiger partial charge in [0, 0.05) is 36.1 Å². The molecule has 0 aliphatic heterocycles. The lowest BCUT2D eigenvalue weighted by Gasteiger charge is -2.19. The minimum Gasteiger partial charge on any atom is -0.324 e. The van der Waals surface area contributed by atoms with Gasteiger partial charge in [-0.25, -0.2) is 19.3 Å². The van der Waals surface area contributed by atoms with E-state index in [-0.39, 0.29) is 11.0 Å². The van der Waals surface area contributed by atoms with Crippen LogP contribution in [-0.2, 0) is 18.4 Å². The van der Waals surface area contributed by atoms with Crippen molar-refractivity contribution in [1.82, 2.24) is 29.2 Å². The molecule has 3 aromatic heterocycles. The van der Waals surface area contributed by atoms with Crippen molar-refractivity contribution in [1.29, 1.82) is 0 Å². The second-order valence-electron chi connectivity index (χ2n) is 10.2. The first-order chi connectivity index (χ1) is 16.7. The summed E-state index contributed by atoms with van der Waals surface area (Å²) in [7, 11) is 4.15. The van der Waals surface area contributed by atoms with Gasteiger partial charge in [0.1, 0.15) is 5.39 Å². The van der Waals surface area contributed by atoms with E-state index in [9.17, 15) is 4.79 Å². The lowest BCUT2D eigenvalue weighted by molar-refractivity contribution is 0.413. The molecule has 1 aromatic carbocycles. The van der Waals surface area contributed by atoms with Crippen LogP contribution < -0.4 is 10.9 Å². The molecule has 0 radical (unpaired) electrons. The minimum atomic E-state index is -0.116. The fourth-order valence-corrected chi connectivity index (χ4v) is 3.93. The average molecular weight is 474 g/mol. The molecule has 0 aliphatic rings. The van der Waals surface area contributed by atoms with Crippen LogP contribution in [0.5, 0.6) is 0 Å². The zero-order valence-corrected chi connectivity index (χ0v) is 21.5. The smallest absolute Gasteiger partial charge is 0.278 e. The molecule has 0 fully saturated rings. The van der Waals surface area contributed by atoms with E-state index in [0.717, 1.165) is 30.8 Å². The molecule has 1 N–H and O–H groups in total. The molecular weight excluding hydrogens is 438 g/mol. The molecular formula is C27H35N7O. The quantitative estimate of drug-likeness (QED) is 0.405.